The molecule has 0 atom stereocenters. The van der Waals surface area contributed by atoms with Gasteiger partial charge in [-0.1, -0.05) is 37.3 Å². The predicted molar refractivity (Wildman–Crippen MR) is 91.6 cm³/mol. The van der Waals surface area contributed by atoms with Gasteiger partial charge in [-0.05, 0) is 47.1 Å². The Morgan fingerprint density at radius 2 is 1.00 bits per heavy atom. The number of benzene rings is 1. The van der Waals surface area contributed by atoms with E-state index in [1.165, 1.54) is 0 Å². The summed E-state index contributed by atoms with van der Waals surface area (Å²) in [6.45, 7) is 12.0. The Labute approximate surface area is 151 Å². The fraction of sp³-hybridized carbons (Fsp3) is 0.588. The molecule has 128 valence electrons. The summed E-state index contributed by atoms with van der Waals surface area (Å²) in [4.78, 5) is 0. The normalized spacial score (nSPS) is 8.59. The summed E-state index contributed by atoms with van der Waals surface area (Å²) in [6.07, 6.45) is -0.500. The van der Waals surface area contributed by atoms with Crippen LogP contribution in [0.4, 0.5) is 0 Å². The van der Waals surface area contributed by atoms with Crippen LogP contribution in [0.15, 0.2) is 30.3 Å². The molecule has 1 aromatic rings. The standard InChI is InChI=1S/C8H8N.3C3H8O.Ti/c1-7(9)8-5-3-2-4-6-8;3*1-3(2)4;/h2-6H,1H3;3*3-4H,1-2H3;/q-1;;;;. The smallest absolute Gasteiger partial charge is 0.0483 e. The van der Waals surface area contributed by atoms with E-state index in [4.69, 9.17) is 20.7 Å². The Kier molecular flexibility index (Phi) is 27.5. The van der Waals surface area contributed by atoms with Gasteiger partial charge in [0.05, 0.1) is 0 Å². The topological polar surface area (TPSA) is 83.0 Å². The molecule has 0 heterocycles. The zero-order valence-corrected chi connectivity index (χ0v) is 16.5. The summed E-state index contributed by atoms with van der Waals surface area (Å²) in [5.74, 6) is 0. The van der Waals surface area contributed by atoms with Crippen molar-refractivity contribution >= 4 is 5.71 Å². The second kappa shape index (κ2) is 20.5. The average Bonchev–Trinajstić information content (AvgIpc) is 2.27. The molecule has 0 saturated carbocycles. The molecular weight excluding hydrogens is 314 g/mol. The first-order chi connectivity index (χ1) is 9.50. The minimum atomic E-state index is -0.167. The first kappa shape index (κ1) is 29.5. The van der Waals surface area contributed by atoms with Crippen LogP contribution in [0.1, 0.15) is 54.0 Å². The third-order valence-electron chi connectivity index (χ3n) is 1.19. The Morgan fingerprint density at radius 1 is 0.773 bits per heavy atom. The van der Waals surface area contributed by atoms with Gasteiger partial charge in [0, 0.05) is 40.0 Å². The van der Waals surface area contributed by atoms with Crippen molar-refractivity contribution in [3.8, 4) is 0 Å². The van der Waals surface area contributed by atoms with E-state index in [9.17, 15) is 0 Å². The molecule has 0 bridgehead atoms. The molecule has 4 nitrogen and oxygen atoms in total. The van der Waals surface area contributed by atoms with Crippen molar-refractivity contribution in [3.63, 3.8) is 0 Å². The fourth-order valence-corrected chi connectivity index (χ4v) is 0.679. The fourth-order valence-electron chi connectivity index (χ4n) is 0.679. The van der Waals surface area contributed by atoms with E-state index in [1.807, 2.05) is 30.3 Å². The second-order valence-corrected chi connectivity index (χ2v) is 5.23. The zero-order chi connectivity index (χ0) is 17.4. The van der Waals surface area contributed by atoms with E-state index in [0.29, 0.717) is 5.71 Å². The van der Waals surface area contributed by atoms with Gasteiger partial charge in [-0.2, -0.15) is 5.71 Å². The van der Waals surface area contributed by atoms with Crippen LogP contribution in [0.25, 0.3) is 5.41 Å². The maximum atomic E-state index is 8.94. The van der Waals surface area contributed by atoms with E-state index in [0.717, 1.165) is 5.56 Å². The van der Waals surface area contributed by atoms with Crippen LogP contribution in [-0.4, -0.2) is 39.3 Å². The first-order valence-electron chi connectivity index (χ1n) is 7.12. The molecule has 0 saturated heterocycles. The van der Waals surface area contributed by atoms with E-state index < -0.39 is 0 Å². The minimum absolute atomic E-state index is 0. The van der Waals surface area contributed by atoms with Crippen molar-refractivity contribution in [1.29, 1.82) is 0 Å². The molecule has 0 amide bonds. The summed E-state index contributed by atoms with van der Waals surface area (Å²) >= 11 is 0. The molecule has 5 heteroatoms. The van der Waals surface area contributed by atoms with Gasteiger partial charge in [0.15, 0.2) is 0 Å². The third-order valence-corrected chi connectivity index (χ3v) is 1.19. The van der Waals surface area contributed by atoms with Gasteiger partial charge in [0.1, 0.15) is 0 Å². The van der Waals surface area contributed by atoms with Crippen LogP contribution in [0.5, 0.6) is 0 Å². The summed E-state index contributed by atoms with van der Waals surface area (Å²) in [7, 11) is 0. The number of aliphatic hydroxyl groups is 3. The van der Waals surface area contributed by atoms with Crippen LogP contribution < -0.4 is 0 Å². The van der Waals surface area contributed by atoms with E-state index >= 15 is 0 Å². The van der Waals surface area contributed by atoms with Gasteiger partial charge in [-0.25, -0.2) is 0 Å². The first-order valence-corrected chi connectivity index (χ1v) is 7.12. The SMILES string of the molecule is CC(=[N-])c1ccccc1.CC(C)O.CC(C)O.CC(C)O.[Ti]. The predicted octanol–water partition coefficient (Wildman–Crippen LogP) is 3.22. The maximum Gasteiger partial charge on any atom is 0.0483 e. The van der Waals surface area contributed by atoms with E-state index in [-0.39, 0.29) is 40.0 Å². The molecule has 0 aliphatic rings. The van der Waals surface area contributed by atoms with Gasteiger partial charge in [0.25, 0.3) is 0 Å². The van der Waals surface area contributed by atoms with Gasteiger partial charge < -0.3 is 20.7 Å². The largest absolute Gasteiger partial charge is 0.807 e. The van der Waals surface area contributed by atoms with Gasteiger partial charge in [-0.15, -0.1) is 0 Å². The second-order valence-electron chi connectivity index (χ2n) is 5.23. The molecule has 0 aliphatic carbocycles. The van der Waals surface area contributed by atoms with Crippen molar-refractivity contribution in [1.82, 2.24) is 0 Å². The molecule has 22 heavy (non-hydrogen) atoms. The summed E-state index contributed by atoms with van der Waals surface area (Å²) in [6, 6.07) is 9.46. The van der Waals surface area contributed by atoms with Crippen LogP contribution in [-0.2, 0) is 21.7 Å². The molecule has 0 aliphatic heterocycles. The summed E-state index contributed by atoms with van der Waals surface area (Å²) in [5, 5.41) is 33.1. The Balaban J connectivity index is -0.000000107. The minimum Gasteiger partial charge on any atom is -0.807 e. The van der Waals surface area contributed by atoms with Gasteiger partial charge >= 0.3 is 0 Å². The number of rotatable bonds is 1. The summed E-state index contributed by atoms with van der Waals surface area (Å²) < 4.78 is 0. The monoisotopic (exact) mass is 346 g/mol. The Morgan fingerprint density at radius 3 is 1.14 bits per heavy atom. The van der Waals surface area contributed by atoms with Crippen LogP contribution in [0.2, 0.25) is 0 Å². The number of aliphatic hydroxyl groups excluding tert-OH is 3. The molecule has 1 rings (SSSR count). The molecule has 3 N–H and O–H groups in total. The number of hydrogen-bond donors (Lipinski definition) is 3. The van der Waals surface area contributed by atoms with Crippen molar-refractivity contribution in [2.75, 3.05) is 0 Å². The summed E-state index contributed by atoms with van der Waals surface area (Å²) in [5.41, 5.74) is 1.26. The van der Waals surface area contributed by atoms with Crippen molar-refractivity contribution in [3.05, 3.63) is 41.3 Å². The molecule has 0 fully saturated rings. The van der Waals surface area contributed by atoms with Crippen molar-refractivity contribution < 1.29 is 37.0 Å². The zero-order valence-electron chi connectivity index (χ0n) is 14.9. The van der Waals surface area contributed by atoms with Gasteiger partial charge in [0.2, 0.25) is 0 Å². The molecule has 1 aromatic carbocycles. The van der Waals surface area contributed by atoms with Gasteiger partial charge in [-0.3, -0.25) is 0 Å². The van der Waals surface area contributed by atoms with E-state index in [1.54, 1.807) is 48.5 Å². The Bertz CT molecular complexity index is 305. The third kappa shape index (κ3) is 50.5. The average molecular weight is 346 g/mol. The molecule has 0 aromatic heterocycles. The molecule has 0 unspecified atom stereocenters. The molecule has 0 radical (unpaired) electrons. The molecular formula is C17H32NO3Ti-. The van der Waals surface area contributed by atoms with E-state index in [2.05, 4.69) is 0 Å². The number of hydrogen-bond acceptors (Lipinski definition) is 3. The van der Waals surface area contributed by atoms with Crippen LogP contribution in [0, 0.1) is 0 Å². The molecule has 0 spiro atoms. The van der Waals surface area contributed by atoms with Crippen molar-refractivity contribution in [2.45, 2.75) is 66.8 Å². The van der Waals surface area contributed by atoms with Crippen LogP contribution >= 0.6 is 0 Å². The van der Waals surface area contributed by atoms with Crippen molar-refractivity contribution in [2.24, 2.45) is 0 Å². The van der Waals surface area contributed by atoms with Crippen LogP contribution in [0.3, 0.4) is 0 Å². The number of nitrogens with zero attached hydrogens (tertiary/aromatic N) is 1. The Hall–Kier alpha value is -0.516. The quantitative estimate of drug-likeness (QED) is 0.539. The maximum absolute atomic E-state index is 8.94.